The largest absolute Gasteiger partial charge is 0.481 e. The predicted molar refractivity (Wildman–Crippen MR) is 116 cm³/mol. The molecule has 0 fully saturated rings. The van der Waals surface area contributed by atoms with Crippen molar-refractivity contribution in [3.05, 3.63) is 95.6 Å². The Morgan fingerprint density at radius 3 is 2.18 bits per heavy atom. The molecule has 0 spiro atoms. The molecule has 1 atom stereocenters. The van der Waals surface area contributed by atoms with Crippen molar-refractivity contribution in [3.8, 4) is 11.5 Å². The van der Waals surface area contributed by atoms with Gasteiger partial charge in [0.1, 0.15) is 11.5 Å². The Kier molecular flexibility index (Phi) is 7.71. The van der Waals surface area contributed by atoms with E-state index < -0.39 is 29.7 Å². The van der Waals surface area contributed by atoms with E-state index in [9.17, 15) is 27.9 Å². The number of halogens is 3. The molecule has 0 aliphatic rings. The molecule has 1 amide bonds. The van der Waals surface area contributed by atoms with Gasteiger partial charge in [0, 0.05) is 6.04 Å². The molecule has 0 aromatic heterocycles. The quantitative estimate of drug-likeness (QED) is 0.461. The number of hydrogen-bond acceptors (Lipinski definition) is 3. The normalized spacial score (nSPS) is 12.1. The fourth-order valence-corrected chi connectivity index (χ4v) is 3.31. The summed E-state index contributed by atoms with van der Waals surface area (Å²) in [6.45, 7) is 0. The average Bonchev–Trinajstić information content (AvgIpc) is 2.74. The first kappa shape index (κ1) is 23.8. The van der Waals surface area contributed by atoms with Gasteiger partial charge in [-0.25, -0.2) is 0 Å². The van der Waals surface area contributed by atoms with Crippen LogP contribution in [0, 0.1) is 0 Å². The Bertz CT molecular complexity index is 1080. The lowest BCUT2D eigenvalue weighted by atomic mass is 10.0. The SMILES string of the molecule is O=C(O)CC(Cc1ccc(C(F)(F)F)cc1)NC(=O)Cc1cccc(Oc2ccccc2)c1. The van der Waals surface area contributed by atoms with E-state index >= 15 is 0 Å². The van der Waals surface area contributed by atoms with Crippen molar-refractivity contribution in [3.63, 3.8) is 0 Å². The molecule has 0 aliphatic carbocycles. The van der Waals surface area contributed by atoms with E-state index in [4.69, 9.17) is 4.74 Å². The molecule has 172 valence electrons. The summed E-state index contributed by atoms with van der Waals surface area (Å²) in [4.78, 5) is 23.8. The molecule has 0 heterocycles. The molecule has 8 heteroatoms. The Balaban J connectivity index is 1.63. The van der Waals surface area contributed by atoms with Gasteiger partial charge in [-0.1, -0.05) is 42.5 Å². The molecule has 3 rings (SSSR count). The number of carbonyl (C=O) groups excluding carboxylic acids is 1. The highest BCUT2D eigenvalue weighted by atomic mass is 19.4. The third kappa shape index (κ3) is 7.68. The predicted octanol–water partition coefficient (Wildman–Crippen LogP) is 5.24. The van der Waals surface area contributed by atoms with Crippen LogP contribution in [0.1, 0.15) is 23.1 Å². The Morgan fingerprint density at radius 2 is 1.55 bits per heavy atom. The number of para-hydroxylation sites is 1. The standard InChI is InChI=1S/C25H22F3NO4/c26-25(27,28)19-11-9-17(10-12-19)13-20(16-24(31)32)29-23(30)15-18-5-4-8-22(14-18)33-21-6-2-1-3-7-21/h1-12,14,20H,13,15-16H2,(H,29,30)(H,31,32). The zero-order valence-electron chi connectivity index (χ0n) is 17.5. The molecule has 2 N–H and O–H groups in total. The first-order valence-electron chi connectivity index (χ1n) is 10.2. The number of carbonyl (C=O) groups is 2. The van der Waals surface area contributed by atoms with Crippen LogP contribution in [0.4, 0.5) is 13.2 Å². The smallest absolute Gasteiger partial charge is 0.416 e. The molecule has 0 bridgehead atoms. The number of hydrogen-bond donors (Lipinski definition) is 2. The third-order valence-corrected chi connectivity index (χ3v) is 4.79. The lowest BCUT2D eigenvalue weighted by molar-refractivity contribution is -0.138. The zero-order valence-corrected chi connectivity index (χ0v) is 17.5. The number of aliphatic carboxylic acids is 1. The van der Waals surface area contributed by atoms with Crippen LogP contribution < -0.4 is 10.1 Å². The van der Waals surface area contributed by atoms with Crippen molar-refractivity contribution in [2.24, 2.45) is 0 Å². The maximum absolute atomic E-state index is 12.7. The number of ether oxygens (including phenoxy) is 1. The molecule has 3 aromatic carbocycles. The molecule has 0 aliphatic heterocycles. The van der Waals surface area contributed by atoms with E-state index in [0.717, 1.165) is 12.1 Å². The van der Waals surface area contributed by atoms with Crippen LogP contribution in [0.3, 0.4) is 0 Å². The number of nitrogens with one attached hydrogen (secondary N) is 1. The fourth-order valence-electron chi connectivity index (χ4n) is 3.31. The van der Waals surface area contributed by atoms with E-state index in [1.54, 1.807) is 36.4 Å². The first-order chi connectivity index (χ1) is 15.7. The highest BCUT2D eigenvalue weighted by Gasteiger charge is 2.30. The molecule has 3 aromatic rings. The second-order valence-corrected chi connectivity index (χ2v) is 7.50. The van der Waals surface area contributed by atoms with E-state index in [-0.39, 0.29) is 19.3 Å². The molecule has 5 nitrogen and oxygen atoms in total. The van der Waals surface area contributed by atoms with Crippen LogP contribution in [-0.4, -0.2) is 23.0 Å². The summed E-state index contributed by atoms with van der Waals surface area (Å²) in [5.41, 5.74) is 0.375. The summed E-state index contributed by atoms with van der Waals surface area (Å²) in [6, 6.07) is 19.8. The van der Waals surface area contributed by atoms with Crippen LogP contribution in [0.2, 0.25) is 0 Å². The van der Waals surface area contributed by atoms with Gasteiger partial charge in [-0.2, -0.15) is 13.2 Å². The highest BCUT2D eigenvalue weighted by Crippen LogP contribution is 2.29. The third-order valence-electron chi connectivity index (χ3n) is 4.79. The maximum atomic E-state index is 12.7. The van der Waals surface area contributed by atoms with Crippen LogP contribution in [0.5, 0.6) is 11.5 Å². The summed E-state index contributed by atoms with van der Waals surface area (Å²) < 4.78 is 44.0. The molecular formula is C25H22F3NO4. The zero-order chi connectivity index (χ0) is 23.8. The second-order valence-electron chi connectivity index (χ2n) is 7.50. The van der Waals surface area contributed by atoms with Gasteiger partial charge in [-0.3, -0.25) is 9.59 Å². The van der Waals surface area contributed by atoms with Crippen molar-refractivity contribution in [1.29, 1.82) is 0 Å². The summed E-state index contributed by atoms with van der Waals surface area (Å²) >= 11 is 0. The lowest BCUT2D eigenvalue weighted by Gasteiger charge is -2.18. The van der Waals surface area contributed by atoms with E-state index in [2.05, 4.69) is 5.32 Å². The van der Waals surface area contributed by atoms with Crippen molar-refractivity contribution in [2.75, 3.05) is 0 Å². The fraction of sp³-hybridized carbons (Fsp3) is 0.200. The Morgan fingerprint density at radius 1 is 0.879 bits per heavy atom. The number of benzene rings is 3. The summed E-state index contributed by atoms with van der Waals surface area (Å²) in [7, 11) is 0. The molecule has 0 saturated carbocycles. The van der Waals surface area contributed by atoms with Crippen LogP contribution in [0.15, 0.2) is 78.9 Å². The van der Waals surface area contributed by atoms with Gasteiger partial charge in [0.25, 0.3) is 0 Å². The Labute approximate surface area is 188 Å². The monoisotopic (exact) mass is 457 g/mol. The minimum atomic E-state index is -4.45. The van der Waals surface area contributed by atoms with Gasteiger partial charge >= 0.3 is 12.1 Å². The van der Waals surface area contributed by atoms with E-state index in [1.807, 2.05) is 18.2 Å². The van der Waals surface area contributed by atoms with E-state index in [1.165, 1.54) is 12.1 Å². The second kappa shape index (κ2) is 10.7. The van der Waals surface area contributed by atoms with Gasteiger partial charge in [0.05, 0.1) is 18.4 Å². The van der Waals surface area contributed by atoms with Gasteiger partial charge in [0.15, 0.2) is 0 Å². The van der Waals surface area contributed by atoms with Gasteiger partial charge in [-0.05, 0) is 53.9 Å². The van der Waals surface area contributed by atoms with Crippen molar-refractivity contribution in [2.45, 2.75) is 31.5 Å². The molecule has 33 heavy (non-hydrogen) atoms. The molecule has 0 radical (unpaired) electrons. The Hall–Kier alpha value is -3.81. The topological polar surface area (TPSA) is 75.6 Å². The number of carboxylic acid groups (broad SMARTS) is 1. The van der Waals surface area contributed by atoms with E-state index in [0.29, 0.717) is 22.6 Å². The molecular weight excluding hydrogens is 435 g/mol. The maximum Gasteiger partial charge on any atom is 0.416 e. The van der Waals surface area contributed by atoms with Gasteiger partial charge in [0.2, 0.25) is 5.91 Å². The summed E-state index contributed by atoms with van der Waals surface area (Å²) in [6.07, 6.45) is -4.72. The minimum absolute atomic E-state index is 0.00484. The number of carboxylic acids is 1. The van der Waals surface area contributed by atoms with Crippen molar-refractivity contribution >= 4 is 11.9 Å². The number of alkyl halides is 3. The molecule has 0 saturated heterocycles. The number of amides is 1. The first-order valence-corrected chi connectivity index (χ1v) is 10.2. The van der Waals surface area contributed by atoms with Crippen LogP contribution in [0.25, 0.3) is 0 Å². The van der Waals surface area contributed by atoms with Crippen LogP contribution in [-0.2, 0) is 28.6 Å². The number of rotatable bonds is 9. The highest BCUT2D eigenvalue weighted by molar-refractivity contribution is 5.80. The van der Waals surface area contributed by atoms with Gasteiger partial charge < -0.3 is 15.2 Å². The summed E-state index contributed by atoms with van der Waals surface area (Å²) in [5.74, 6) is -0.314. The van der Waals surface area contributed by atoms with Crippen LogP contribution >= 0.6 is 0 Å². The molecule has 1 unspecified atom stereocenters. The van der Waals surface area contributed by atoms with Crippen molar-refractivity contribution < 1.29 is 32.6 Å². The minimum Gasteiger partial charge on any atom is -0.481 e. The summed E-state index contributed by atoms with van der Waals surface area (Å²) in [5, 5.41) is 11.9. The average molecular weight is 457 g/mol. The lowest BCUT2D eigenvalue weighted by Crippen LogP contribution is -2.39. The van der Waals surface area contributed by atoms with Gasteiger partial charge in [-0.15, -0.1) is 0 Å². The van der Waals surface area contributed by atoms with Crippen molar-refractivity contribution in [1.82, 2.24) is 5.32 Å².